The summed E-state index contributed by atoms with van der Waals surface area (Å²) in [6.07, 6.45) is 2.95. The lowest BCUT2D eigenvalue weighted by Gasteiger charge is -2.33. The molecule has 0 unspecified atom stereocenters. The van der Waals surface area contributed by atoms with Crippen molar-refractivity contribution in [2.45, 2.75) is 11.4 Å². The predicted octanol–water partition coefficient (Wildman–Crippen LogP) is 1.52. The number of hydrogen-bond acceptors (Lipinski definition) is 6. The molecule has 0 aliphatic carbocycles. The molecule has 1 aliphatic rings. The Bertz CT molecular complexity index is 804. The Morgan fingerprint density at radius 2 is 2.09 bits per heavy atom. The number of nitrogens with zero attached hydrogens (tertiary/aromatic N) is 4. The molecule has 120 valence electrons. The molecule has 3 rings (SSSR count). The van der Waals surface area contributed by atoms with Crippen LogP contribution < -0.4 is 0 Å². The zero-order chi connectivity index (χ0) is 16.3. The van der Waals surface area contributed by atoms with Crippen molar-refractivity contribution in [2.24, 2.45) is 0 Å². The van der Waals surface area contributed by atoms with Gasteiger partial charge >= 0.3 is 0 Å². The number of sulfonamides is 1. The largest absolute Gasteiger partial charge is 0.296 e. The quantitative estimate of drug-likeness (QED) is 0.837. The smallest absolute Gasteiger partial charge is 0.244 e. The maximum absolute atomic E-state index is 12.5. The van der Waals surface area contributed by atoms with Crippen molar-refractivity contribution < 1.29 is 8.42 Å². The van der Waals surface area contributed by atoms with Crippen molar-refractivity contribution in [1.82, 2.24) is 14.2 Å². The fourth-order valence-electron chi connectivity index (χ4n) is 2.52. The normalized spacial score (nSPS) is 17.0. The summed E-state index contributed by atoms with van der Waals surface area (Å²) in [6.45, 7) is 3.05. The Kier molecular flexibility index (Phi) is 4.73. The van der Waals surface area contributed by atoms with Gasteiger partial charge in [0.05, 0.1) is 5.56 Å². The van der Waals surface area contributed by atoms with Crippen molar-refractivity contribution in [2.75, 3.05) is 26.2 Å². The Balaban J connectivity index is 1.61. The zero-order valence-corrected chi connectivity index (χ0v) is 14.1. The summed E-state index contributed by atoms with van der Waals surface area (Å²) in [4.78, 5) is 7.47. The van der Waals surface area contributed by atoms with Crippen molar-refractivity contribution >= 4 is 21.4 Å². The summed E-state index contributed by atoms with van der Waals surface area (Å²) in [5, 5.41) is 10.7. The van der Waals surface area contributed by atoms with Crippen molar-refractivity contribution in [3.8, 4) is 6.07 Å². The molecule has 0 aromatic carbocycles. The first-order chi connectivity index (χ1) is 11.1. The van der Waals surface area contributed by atoms with E-state index in [4.69, 9.17) is 5.26 Å². The molecule has 0 saturated carbocycles. The van der Waals surface area contributed by atoms with Crippen LogP contribution in [0.1, 0.15) is 10.4 Å². The summed E-state index contributed by atoms with van der Waals surface area (Å²) in [5.41, 5.74) is 0.683. The second-order valence-electron chi connectivity index (χ2n) is 5.28. The molecular formula is C15H16N4O2S2. The number of piperazine rings is 1. The molecule has 2 aromatic heterocycles. The maximum Gasteiger partial charge on any atom is 0.244 e. The highest BCUT2D eigenvalue weighted by atomic mass is 32.2. The fraction of sp³-hybridized carbons (Fsp3) is 0.333. The molecule has 8 heteroatoms. The topological polar surface area (TPSA) is 77.3 Å². The molecule has 1 fully saturated rings. The van der Waals surface area contributed by atoms with Crippen LogP contribution in [0.2, 0.25) is 0 Å². The van der Waals surface area contributed by atoms with Crippen LogP contribution >= 0.6 is 11.3 Å². The lowest BCUT2D eigenvalue weighted by Crippen LogP contribution is -2.48. The van der Waals surface area contributed by atoms with E-state index in [-0.39, 0.29) is 4.90 Å². The number of hydrogen-bond donors (Lipinski definition) is 0. The van der Waals surface area contributed by atoms with Gasteiger partial charge < -0.3 is 0 Å². The zero-order valence-electron chi connectivity index (χ0n) is 12.4. The van der Waals surface area contributed by atoms with Crippen LogP contribution in [0.5, 0.6) is 0 Å². The van der Waals surface area contributed by atoms with Gasteiger partial charge in [0.25, 0.3) is 0 Å². The second kappa shape index (κ2) is 6.76. The van der Waals surface area contributed by atoms with Crippen LogP contribution in [0, 0.1) is 11.3 Å². The van der Waals surface area contributed by atoms with Gasteiger partial charge in [-0.25, -0.2) is 8.42 Å². The average Bonchev–Trinajstić information content (AvgIpc) is 3.04. The van der Waals surface area contributed by atoms with Crippen molar-refractivity contribution in [1.29, 1.82) is 5.26 Å². The van der Waals surface area contributed by atoms with Crippen LogP contribution in [0.3, 0.4) is 0 Å². The van der Waals surface area contributed by atoms with Gasteiger partial charge in [-0.3, -0.25) is 9.88 Å². The van der Waals surface area contributed by atoms with E-state index in [1.807, 2.05) is 11.4 Å². The van der Waals surface area contributed by atoms with E-state index in [1.54, 1.807) is 29.7 Å². The first kappa shape index (κ1) is 16.1. The van der Waals surface area contributed by atoms with Gasteiger partial charge in [0.1, 0.15) is 11.0 Å². The number of rotatable bonds is 4. The molecule has 1 aliphatic heterocycles. The van der Waals surface area contributed by atoms with E-state index in [9.17, 15) is 8.42 Å². The molecule has 0 N–H and O–H groups in total. The molecule has 6 nitrogen and oxygen atoms in total. The third-order valence-corrected chi connectivity index (χ3v) is 6.57. The van der Waals surface area contributed by atoms with Gasteiger partial charge in [-0.15, -0.1) is 11.3 Å². The average molecular weight is 348 g/mol. The first-order valence-electron chi connectivity index (χ1n) is 7.19. The van der Waals surface area contributed by atoms with Gasteiger partial charge in [-0.05, 0) is 18.2 Å². The molecule has 0 spiro atoms. The van der Waals surface area contributed by atoms with E-state index in [0.717, 1.165) is 11.4 Å². The van der Waals surface area contributed by atoms with E-state index < -0.39 is 10.0 Å². The summed E-state index contributed by atoms with van der Waals surface area (Å²) in [7, 11) is -3.45. The van der Waals surface area contributed by atoms with E-state index >= 15 is 0 Å². The van der Waals surface area contributed by atoms with Gasteiger partial charge in [-0.1, -0.05) is 0 Å². The molecule has 0 radical (unpaired) electrons. The minimum atomic E-state index is -3.45. The third kappa shape index (κ3) is 3.59. The van der Waals surface area contributed by atoms with Crippen molar-refractivity contribution in [3.05, 3.63) is 46.4 Å². The van der Waals surface area contributed by atoms with E-state index in [2.05, 4.69) is 16.0 Å². The van der Waals surface area contributed by atoms with E-state index in [0.29, 0.717) is 31.7 Å². The Morgan fingerprint density at radius 1 is 1.30 bits per heavy atom. The lowest BCUT2D eigenvalue weighted by molar-refractivity contribution is 0.183. The summed E-state index contributed by atoms with van der Waals surface area (Å²) >= 11 is 1.57. The highest BCUT2D eigenvalue weighted by molar-refractivity contribution is 7.89. The van der Waals surface area contributed by atoms with Crippen LogP contribution in [0.25, 0.3) is 0 Å². The standard InChI is InChI=1S/C15H16N4O2S2/c16-9-13-8-14(22-12-13)11-18-4-6-19(7-5-18)23(20,21)15-2-1-3-17-10-15/h1-3,8,10,12H,4-7,11H2. The summed E-state index contributed by atoms with van der Waals surface area (Å²) < 4.78 is 26.6. The molecule has 2 aromatic rings. The van der Waals surface area contributed by atoms with E-state index in [1.165, 1.54) is 10.5 Å². The number of aromatic nitrogens is 1. The second-order valence-corrected chi connectivity index (χ2v) is 8.22. The number of nitriles is 1. The minimum absolute atomic E-state index is 0.241. The van der Waals surface area contributed by atoms with Gasteiger partial charge in [0.15, 0.2) is 0 Å². The summed E-state index contributed by atoms with van der Waals surface area (Å²) in [6, 6.07) is 7.23. The molecule has 0 amide bonds. The Hall–Kier alpha value is -1.79. The molecule has 3 heterocycles. The predicted molar refractivity (Wildman–Crippen MR) is 87.3 cm³/mol. The lowest BCUT2D eigenvalue weighted by atomic mass is 10.3. The highest BCUT2D eigenvalue weighted by Crippen LogP contribution is 2.20. The SMILES string of the molecule is N#Cc1csc(CN2CCN(S(=O)(=O)c3cccnc3)CC2)c1. The van der Waals surface area contributed by atoms with Gasteiger partial charge in [0, 0.05) is 55.4 Å². The number of pyridine rings is 1. The maximum atomic E-state index is 12.5. The van der Waals surface area contributed by atoms with Crippen LogP contribution in [-0.2, 0) is 16.6 Å². The molecule has 1 saturated heterocycles. The summed E-state index contributed by atoms with van der Waals surface area (Å²) in [5.74, 6) is 0. The first-order valence-corrected chi connectivity index (χ1v) is 9.51. The molecular weight excluding hydrogens is 332 g/mol. The highest BCUT2D eigenvalue weighted by Gasteiger charge is 2.28. The van der Waals surface area contributed by atoms with Crippen molar-refractivity contribution in [3.63, 3.8) is 0 Å². The van der Waals surface area contributed by atoms with Crippen LogP contribution in [-0.4, -0.2) is 48.8 Å². The fourth-order valence-corrected chi connectivity index (χ4v) is 4.76. The monoisotopic (exact) mass is 348 g/mol. The minimum Gasteiger partial charge on any atom is -0.296 e. The number of thiophene rings is 1. The molecule has 0 atom stereocenters. The Labute approximate surface area is 139 Å². The van der Waals surface area contributed by atoms with Gasteiger partial charge in [-0.2, -0.15) is 9.57 Å². The molecule has 23 heavy (non-hydrogen) atoms. The van der Waals surface area contributed by atoms with Crippen LogP contribution in [0.15, 0.2) is 40.9 Å². The van der Waals surface area contributed by atoms with Crippen LogP contribution in [0.4, 0.5) is 0 Å². The Morgan fingerprint density at radius 3 is 2.70 bits per heavy atom. The van der Waals surface area contributed by atoms with Gasteiger partial charge in [0.2, 0.25) is 10.0 Å². The molecule has 0 bridgehead atoms. The third-order valence-electron chi connectivity index (χ3n) is 3.77.